The Labute approximate surface area is 209 Å². The molecule has 1 aliphatic heterocycles. The molecule has 0 fully saturated rings. The third-order valence-corrected chi connectivity index (χ3v) is 6.43. The molecular weight excluding hydrogens is 464 g/mol. The third-order valence-electron chi connectivity index (χ3n) is 5.89. The van der Waals surface area contributed by atoms with Gasteiger partial charge in [-0.2, -0.15) is 4.98 Å². The summed E-state index contributed by atoms with van der Waals surface area (Å²) < 4.78 is 5.82. The molecule has 0 amide bonds. The highest BCUT2D eigenvalue weighted by molar-refractivity contribution is 7.80. The van der Waals surface area contributed by atoms with Crippen LogP contribution in [0.25, 0.3) is 17.0 Å². The van der Waals surface area contributed by atoms with Crippen molar-refractivity contribution in [3.63, 3.8) is 0 Å². The summed E-state index contributed by atoms with van der Waals surface area (Å²) in [6.45, 7) is 6.13. The fraction of sp³-hybridized carbons (Fsp3) is 0.148. The quantitative estimate of drug-likeness (QED) is 0.317. The first-order valence-electron chi connectivity index (χ1n) is 11.0. The minimum Gasteiger partial charge on any atom is -0.351 e. The smallest absolute Gasteiger partial charge is 0.258 e. The second kappa shape index (κ2) is 9.05. The lowest BCUT2D eigenvalue weighted by Gasteiger charge is -2.37. The Balaban J connectivity index is 1.66. The molecule has 0 radical (unpaired) electrons. The number of aromatic nitrogens is 2. The monoisotopic (exact) mass is 486 g/mol. The van der Waals surface area contributed by atoms with Gasteiger partial charge in [-0.3, -0.25) is 4.90 Å². The molecule has 4 aromatic rings. The van der Waals surface area contributed by atoms with Gasteiger partial charge in [-0.15, -0.1) is 0 Å². The van der Waals surface area contributed by atoms with Gasteiger partial charge in [0.15, 0.2) is 5.11 Å². The number of rotatable bonds is 4. The van der Waals surface area contributed by atoms with E-state index in [1.807, 2.05) is 79.4 Å². The SMILES string of the molecule is CC1=C(c2nc(-c3ccc(C)cc3)no2)C(c2cccc(Cl)c2)NC(=S)N1c1cccc(C)c1. The first-order chi connectivity index (χ1) is 16.4. The summed E-state index contributed by atoms with van der Waals surface area (Å²) in [4.78, 5) is 6.78. The molecule has 7 heteroatoms. The second-order valence-corrected chi connectivity index (χ2v) is 9.22. The molecule has 1 unspecified atom stereocenters. The summed E-state index contributed by atoms with van der Waals surface area (Å²) in [7, 11) is 0. The average Bonchev–Trinajstić information content (AvgIpc) is 3.29. The molecule has 1 atom stereocenters. The maximum Gasteiger partial charge on any atom is 0.258 e. The number of allylic oxidation sites excluding steroid dienone is 1. The van der Waals surface area contributed by atoms with Crippen molar-refractivity contribution in [1.82, 2.24) is 15.5 Å². The number of aryl methyl sites for hydroxylation is 2. The molecule has 0 saturated heterocycles. The van der Waals surface area contributed by atoms with Crippen molar-refractivity contribution in [3.8, 4) is 11.4 Å². The van der Waals surface area contributed by atoms with Crippen LogP contribution in [0.15, 0.2) is 83.0 Å². The van der Waals surface area contributed by atoms with Gasteiger partial charge in [0.05, 0.1) is 11.6 Å². The first kappa shape index (κ1) is 22.3. The normalized spacial score (nSPS) is 16.1. The predicted octanol–water partition coefficient (Wildman–Crippen LogP) is 6.87. The van der Waals surface area contributed by atoms with Gasteiger partial charge in [0.25, 0.3) is 5.89 Å². The highest BCUT2D eigenvalue weighted by Crippen LogP contribution is 2.39. The number of nitrogens with zero attached hydrogens (tertiary/aromatic N) is 3. The Morgan fingerprint density at radius 2 is 1.71 bits per heavy atom. The summed E-state index contributed by atoms with van der Waals surface area (Å²) in [6.07, 6.45) is 0. The highest BCUT2D eigenvalue weighted by Gasteiger charge is 2.35. The maximum atomic E-state index is 6.33. The maximum absolute atomic E-state index is 6.33. The van der Waals surface area contributed by atoms with Crippen LogP contribution in [0.4, 0.5) is 5.69 Å². The van der Waals surface area contributed by atoms with Crippen LogP contribution < -0.4 is 10.2 Å². The van der Waals surface area contributed by atoms with Crippen LogP contribution in [-0.2, 0) is 0 Å². The van der Waals surface area contributed by atoms with Gasteiger partial charge < -0.3 is 9.84 Å². The molecule has 2 heterocycles. The van der Waals surface area contributed by atoms with E-state index in [0.717, 1.165) is 33.6 Å². The van der Waals surface area contributed by atoms with Crippen molar-refractivity contribution >= 4 is 40.2 Å². The van der Waals surface area contributed by atoms with Crippen molar-refractivity contribution < 1.29 is 4.52 Å². The summed E-state index contributed by atoms with van der Waals surface area (Å²) in [5, 5.41) is 8.99. The minimum absolute atomic E-state index is 0.293. The molecular formula is C27H23ClN4OS. The van der Waals surface area contributed by atoms with Gasteiger partial charge in [-0.1, -0.05) is 70.9 Å². The van der Waals surface area contributed by atoms with Crippen molar-refractivity contribution in [2.45, 2.75) is 26.8 Å². The third kappa shape index (κ3) is 4.22. The van der Waals surface area contributed by atoms with E-state index in [9.17, 15) is 0 Å². The van der Waals surface area contributed by atoms with Crippen LogP contribution in [0.5, 0.6) is 0 Å². The lowest BCUT2D eigenvalue weighted by molar-refractivity contribution is 0.404. The Kier molecular flexibility index (Phi) is 5.94. The zero-order chi connectivity index (χ0) is 23.8. The minimum atomic E-state index is -0.293. The number of hydrogen-bond donors (Lipinski definition) is 1. The van der Waals surface area contributed by atoms with Crippen molar-refractivity contribution in [2.24, 2.45) is 0 Å². The zero-order valence-corrected chi connectivity index (χ0v) is 20.6. The molecule has 170 valence electrons. The average molecular weight is 487 g/mol. The highest BCUT2D eigenvalue weighted by atomic mass is 35.5. The molecule has 0 aliphatic carbocycles. The van der Waals surface area contributed by atoms with Gasteiger partial charge in [0.2, 0.25) is 5.82 Å². The van der Waals surface area contributed by atoms with Crippen LogP contribution in [0, 0.1) is 13.8 Å². The van der Waals surface area contributed by atoms with Crippen LogP contribution in [0.1, 0.15) is 35.5 Å². The van der Waals surface area contributed by atoms with Gasteiger partial charge in [0.1, 0.15) is 0 Å². The number of benzene rings is 3. The molecule has 3 aromatic carbocycles. The fourth-order valence-electron chi connectivity index (χ4n) is 4.19. The topological polar surface area (TPSA) is 54.2 Å². The number of thiocarbonyl (C=S) groups is 1. The van der Waals surface area contributed by atoms with Crippen molar-refractivity contribution in [3.05, 3.63) is 106 Å². The van der Waals surface area contributed by atoms with Crippen molar-refractivity contribution in [2.75, 3.05) is 4.90 Å². The lowest BCUT2D eigenvalue weighted by Crippen LogP contribution is -2.46. The summed E-state index contributed by atoms with van der Waals surface area (Å²) >= 11 is 12.1. The molecule has 5 nitrogen and oxygen atoms in total. The van der Waals surface area contributed by atoms with E-state index in [2.05, 4.69) is 29.5 Å². The number of halogens is 1. The predicted molar refractivity (Wildman–Crippen MR) is 141 cm³/mol. The molecule has 5 rings (SSSR count). The largest absolute Gasteiger partial charge is 0.351 e. The zero-order valence-electron chi connectivity index (χ0n) is 19.0. The number of anilines is 1. The van der Waals surface area contributed by atoms with E-state index in [-0.39, 0.29) is 6.04 Å². The first-order valence-corrected chi connectivity index (χ1v) is 11.7. The van der Waals surface area contributed by atoms with Gasteiger partial charge in [0, 0.05) is 22.0 Å². The molecule has 0 bridgehead atoms. The van der Waals surface area contributed by atoms with E-state index in [1.165, 1.54) is 5.56 Å². The van der Waals surface area contributed by atoms with Crippen LogP contribution in [0.2, 0.25) is 5.02 Å². The Bertz CT molecular complexity index is 1410. The van der Waals surface area contributed by atoms with Crippen LogP contribution >= 0.6 is 23.8 Å². The van der Waals surface area contributed by atoms with E-state index in [0.29, 0.717) is 21.9 Å². The van der Waals surface area contributed by atoms with Gasteiger partial charge >= 0.3 is 0 Å². The molecule has 1 aromatic heterocycles. The molecule has 1 aliphatic rings. The Morgan fingerprint density at radius 3 is 2.44 bits per heavy atom. The second-order valence-electron chi connectivity index (χ2n) is 8.40. The fourth-order valence-corrected chi connectivity index (χ4v) is 4.75. The molecule has 0 saturated carbocycles. The van der Waals surface area contributed by atoms with Gasteiger partial charge in [-0.05, 0) is 68.4 Å². The van der Waals surface area contributed by atoms with E-state index < -0.39 is 0 Å². The molecule has 1 N–H and O–H groups in total. The molecule has 34 heavy (non-hydrogen) atoms. The Morgan fingerprint density at radius 1 is 0.941 bits per heavy atom. The van der Waals surface area contributed by atoms with E-state index in [4.69, 9.17) is 33.3 Å². The number of hydrogen-bond acceptors (Lipinski definition) is 4. The van der Waals surface area contributed by atoms with E-state index in [1.54, 1.807) is 0 Å². The van der Waals surface area contributed by atoms with Crippen LogP contribution in [0.3, 0.4) is 0 Å². The lowest BCUT2D eigenvalue weighted by atomic mass is 9.94. The van der Waals surface area contributed by atoms with Crippen molar-refractivity contribution in [1.29, 1.82) is 0 Å². The Hall–Kier alpha value is -3.48. The standard InChI is InChI=1S/C27H23ClN4OS/c1-16-10-12-19(13-11-16)25-30-26(33-31-25)23-18(3)32(22-9-4-6-17(2)14-22)27(34)29-24(23)20-7-5-8-21(28)15-20/h4-15,24H,1-3H3,(H,29,34). The molecule has 0 spiro atoms. The number of nitrogens with one attached hydrogen (secondary N) is 1. The summed E-state index contributed by atoms with van der Waals surface area (Å²) in [5.74, 6) is 0.973. The van der Waals surface area contributed by atoms with Crippen LogP contribution in [-0.4, -0.2) is 15.3 Å². The van der Waals surface area contributed by atoms with E-state index >= 15 is 0 Å². The van der Waals surface area contributed by atoms with Gasteiger partial charge in [-0.25, -0.2) is 0 Å². The summed E-state index contributed by atoms with van der Waals surface area (Å²) in [6, 6.07) is 23.7. The summed E-state index contributed by atoms with van der Waals surface area (Å²) in [5.41, 5.74) is 6.91.